The maximum absolute atomic E-state index is 11.9. The molecule has 0 spiro atoms. The minimum absolute atomic E-state index is 0.128. The van der Waals surface area contributed by atoms with Crippen molar-refractivity contribution >= 4 is 52.4 Å². The summed E-state index contributed by atoms with van der Waals surface area (Å²) in [5, 5.41) is 5.92. The lowest BCUT2D eigenvalue weighted by atomic mass is 10.1. The number of amides is 2. The highest BCUT2D eigenvalue weighted by Gasteiger charge is 2.13. The molecule has 0 bridgehead atoms. The fraction of sp³-hybridized carbons (Fsp3) is 0.167. The summed E-state index contributed by atoms with van der Waals surface area (Å²) in [4.78, 5) is 34.7. The van der Waals surface area contributed by atoms with Crippen LogP contribution in [0.25, 0.3) is 0 Å². The fourth-order valence-electron chi connectivity index (χ4n) is 2.08. The SMILES string of the molecule is CC(=O)Nc1ccc(NC(=O)COC(=O)Cc2c(Cl)cccc2Cl)cc1. The zero-order valence-electron chi connectivity index (χ0n) is 13.8. The van der Waals surface area contributed by atoms with Crippen LogP contribution in [0.1, 0.15) is 12.5 Å². The first-order valence-electron chi connectivity index (χ1n) is 7.61. The summed E-state index contributed by atoms with van der Waals surface area (Å²) < 4.78 is 4.94. The van der Waals surface area contributed by atoms with E-state index < -0.39 is 18.5 Å². The van der Waals surface area contributed by atoms with E-state index in [2.05, 4.69) is 10.6 Å². The highest BCUT2D eigenvalue weighted by molar-refractivity contribution is 6.36. The number of halogens is 2. The topological polar surface area (TPSA) is 84.5 Å². The van der Waals surface area contributed by atoms with Crippen LogP contribution < -0.4 is 10.6 Å². The molecule has 6 nitrogen and oxygen atoms in total. The van der Waals surface area contributed by atoms with Crippen molar-refractivity contribution in [3.05, 3.63) is 58.1 Å². The zero-order valence-corrected chi connectivity index (χ0v) is 15.4. The lowest BCUT2D eigenvalue weighted by molar-refractivity contribution is -0.146. The number of ether oxygens (including phenoxy) is 1. The summed E-state index contributed by atoms with van der Waals surface area (Å²) in [6.45, 7) is 0.966. The van der Waals surface area contributed by atoms with Gasteiger partial charge in [-0.15, -0.1) is 0 Å². The number of hydrogen-bond acceptors (Lipinski definition) is 4. The summed E-state index contributed by atoms with van der Waals surface area (Å²) >= 11 is 12.0. The van der Waals surface area contributed by atoms with E-state index in [1.165, 1.54) is 6.92 Å². The predicted octanol–water partition coefficient (Wildman–Crippen LogP) is 3.68. The third-order valence-electron chi connectivity index (χ3n) is 3.24. The summed E-state index contributed by atoms with van der Waals surface area (Å²) in [7, 11) is 0. The third-order valence-corrected chi connectivity index (χ3v) is 3.94. The van der Waals surface area contributed by atoms with Crippen molar-refractivity contribution in [2.45, 2.75) is 13.3 Å². The van der Waals surface area contributed by atoms with Crippen LogP contribution in [0.3, 0.4) is 0 Å². The Bertz CT molecular complexity index is 802. The first kappa shape index (κ1) is 19.8. The van der Waals surface area contributed by atoms with E-state index in [9.17, 15) is 14.4 Å². The summed E-state index contributed by atoms with van der Waals surface area (Å²) in [5.74, 6) is -1.29. The maximum Gasteiger partial charge on any atom is 0.310 e. The van der Waals surface area contributed by atoms with Gasteiger partial charge in [-0.1, -0.05) is 29.3 Å². The van der Waals surface area contributed by atoms with E-state index in [1.54, 1.807) is 42.5 Å². The summed E-state index contributed by atoms with van der Waals surface area (Å²) in [6.07, 6.45) is -0.128. The summed E-state index contributed by atoms with van der Waals surface area (Å²) in [5.41, 5.74) is 1.57. The maximum atomic E-state index is 11.9. The molecule has 0 saturated carbocycles. The van der Waals surface area contributed by atoms with Gasteiger partial charge >= 0.3 is 5.97 Å². The molecule has 2 aromatic carbocycles. The van der Waals surface area contributed by atoms with Crippen molar-refractivity contribution in [1.29, 1.82) is 0 Å². The fourth-order valence-corrected chi connectivity index (χ4v) is 2.61. The number of esters is 1. The molecule has 0 aliphatic carbocycles. The minimum atomic E-state index is -0.615. The molecule has 0 aromatic heterocycles. The molecular formula is C18H16Cl2N2O4. The lowest BCUT2D eigenvalue weighted by Crippen LogP contribution is -2.21. The van der Waals surface area contributed by atoms with E-state index in [0.29, 0.717) is 27.0 Å². The number of carbonyl (C=O) groups is 3. The number of carbonyl (C=O) groups excluding carboxylic acids is 3. The Hall–Kier alpha value is -2.57. The van der Waals surface area contributed by atoms with Crippen LogP contribution in [0, 0.1) is 0 Å². The molecule has 0 atom stereocenters. The van der Waals surface area contributed by atoms with Crippen LogP contribution in [0.5, 0.6) is 0 Å². The Labute approximate surface area is 160 Å². The van der Waals surface area contributed by atoms with Crippen LogP contribution in [0.4, 0.5) is 11.4 Å². The quantitative estimate of drug-likeness (QED) is 0.731. The lowest BCUT2D eigenvalue weighted by Gasteiger charge is -2.09. The van der Waals surface area contributed by atoms with Crippen molar-refractivity contribution < 1.29 is 19.1 Å². The first-order chi connectivity index (χ1) is 12.3. The molecule has 136 valence electrons. The Morgan fingerprint density at radius 1 is 0.923 bits per heavy atom. The molecule has 8 heteroatoms. The van der Waals surface area contributed by atoms with Crippen molar-refractivity contribution in [2.75, 3.05) is 17.2 Å². The van der Waals surface area contributed by atoms with Gasteiger partial charge in [-0.3, -0.25) is 14.4 Å². The zero-order chi connectivity index (χ0) is 19.1. The van der Waals surface area contributed by atoms with Crippen molar-refractivity contribution in [3.63, 3.8) is 0 Å². The number of benzene rings is 2. The van der Waals surface area contributed by atoms with Gasteiger partial charge in [0, 0.05) is 33.9 Å². The van der Waals surface area contributed by atoms with Crippen molar-refractivity contribution in [3.8, 4) is 0 Å². The van der Waals surface area contributed by atoms with Gasteiger partial charge in [0.2, 0.25) is 5.91 Å². The number of rotatable bonds is 6. The minimum Gasteiger partial charge on any atom is -0.455 e. The predicted molar refractivity (Wildman–Crippen MR) is 101 cm³/mol. The Balaban J connectivity index is 1.82. The first-order valence-corrected chi connectivity index (χ1v) is 8.37. The third kappa shape index (κ3) is 6.06. The van der Waals surface area contributed by atoms with E-state index in [-0.39, 0.29) is 12.3 Å². The normalized spacial score (nSPS) is 10.1. The molecule has 2 aromatic rings. The molecular weight excluding hydrogens is 379 g/mol. The molecule has 0 saturated heterocycles. The monoisotopic (exact) mass is 394 g/mol. The van der Waals surface area contributed by atoms with E-state index >= 15 is 0 Å². The van der Waals surface area contributed by atoms with Crippen molar-refractivity contribution in [2.24, 2.45) is 0 Å². The van der Waals surface area contributed by atoms with Gasteiger partial charge < -0.3 is 15.4 Å². The van der Waals surface area contributed by atoms with Crippen LogP contribution in [0.2, 0.25) is 10.0 Å². The second kappa shape index (κ2) is 9.22. The molecule has 0 unspecified atom stereocenters. The number of anilines is 2. The van der Waals surface area contributed by atoms with Gasteiger partial charge in [-0.05, 0) is 36.4 Å². The van der Waals surface area contributed by atoms with Gasteiger partial charge in [0.25, 0.3) is 5.91 Å². The van der Waals surface area contributed by atoms with Gasteiger partial charge in [0.15, 0.2) is 6.61 Å². The molecule has 0 heterocycles. The number of hydrogen-bond donors (Lipinski definition) is 2. The standard InChI is InChI=1S/C18H16Cl2N2O4/c1-11(23)21-12-5-7-13(8-6-12)22-17(24)10-26-18(25)9-14-15(19)3-2-4-16(14)20/h2-8H,9-10H2,1H3,(H,21,23)(H,22,24). The highest BCUT2D eigenvalue weighted by atomic mass is 35.5. The van der Waals surface area contributed by atoms with Crippen LogP contribution in [-0.2, 0) is 25.5 Å². The Morgan fingerprint density at radius 2 is 1.46 bits per heavy atom. The van der Waals surface area contributed by atoms with Gasteiger partial charge in [0.05, 0.1) is 6.42 Å². The molecule has 0 radical (unpaired) electrons. The Morgan fingerprint density at radius 3 is 2.00 bits per heavy atom. The highest BCUT2D eigenvalue weighted by Crippen LogP contribution is 2.24. The van der Waals surface area contributed by atoms with Gasteiger partial charge in [-0.2, -0.15) is 0 Å². The van der Waals surface area contributed by atoms with Gasteiger partial charge in [0.1, 0.15) is 0 Å². The van der Waals surface area contributed by atoms with Crippen LogP contribution in [0.15, 0.2) is 42.5 Å². The molecule has 2 N–H and O–H groups in total. The summed E-state index contributed by atoms with van der Waals surface area (Å²) in [6, 6.07) is 11.4. The molecule has 0 fully saturated rings. The molecule has 0 aliphatic heterocycles. The van der Waals surface area contributed by atoms with Gasteiger partial charge in [-0.25, -0.2) is 0 Å². The second-order valence-electron chi connectivity index (χ2n) is 5.34. The average molecular weight is 395 g/mol. The van der Waals surface area contributed by atoms with E-state index in [4.69, 9.17) is 27.9 Å². The van der Waals surface area contributed by atoms with Crippen molar-refractivity contribution in [1.82, 2.24) is 0 Å². The smallest absolute Gasteiger partial charge is 0.310 e. The molecule has 2 amide bonds. The number of nitrogens with one attached hydrogen (secondary N) is 2. The largest absolute Gasteiger partial charge is 0.455 e. The van der Waals surface area contributed by atoms with E-state index in [1.807, 2.05) is 0 Å². The van der Waals surface area contributed by atoms with Crippen LogP contribution >= 0.6 is 23.2 Å². The Kier molecular flexibility index (Phi) is 7.00. The molecule has 26 heavy (non-hydrogen) atoms. The van der Waals surface area contributed by atoms with Crippen LogP contribution in [-0.4, -0.2) is 24.4 Å². The van der Waals surface area contributed by atoms with E-state index in [0.717, 1.165) is 0 Å². The average Bonchev–Trinajstić information content (AvgIpc) is 2.58. The molecule has 2 rings (SSSR count). The molecule has 0 aliphatic rings. The second-order valence-corrected chi connectivity index (χ2v) is 6.16.